The normalized spacial score (nSPS) is 18.0. The van der Waals surface area contributed by atoms with E-state index in [9.17, 15) is 9.59 Å². The van der Waals surface area contributed by atoms with Gasteiger partial charge < -0.3 is 20.2 Å². The number of piperidine rings is 1. The largest absolute Gasteiger partial charge is 0.371 e. The number of H-pyrrole nitrogens is 1. The number of aryl methyl sites for hydroxylation is 1. The van der Waals surface area contributed by atoms with Crippen LogP contribution >= 0.6 is 0 Å². The first-order valence-electron chi connectivity index (χ1n) is 9.83. The van der Waals surface area contributed by atoms with Gasteiger partial charge in [0.05, 0.1) is 0 Å². The second-order valence-electron chi connectivity index (χ2n) is 8.31. The molecule has 2 fully saturated rings. The molecule has 1 aliphatic heterocycles. The Labute approximate surface area is 163 Å². The zero-order chi connectivity index (χ0) is 19.5. The van der Waals surface area contributed by atoms with Crippen molar-refractivity contribution >= 4 is 22.5 Å². The van der Waals surface area contributed by atoms with Crippen LogP contribution in [0.3, 0.4) is 0 Å². The SMILES string of the molecule is Cn1cc(-c2cc(C(N)=O)ccc2N2CCC3(CC2)CC3)c2cc[nH]c2c1=O. The molecular weight excluding hydrogens is 352 g/mol. The van der Waals surface area contributed by atoms with E-state index in [4.69, 9.17) is 5.73 Å². The molecule has 144 valence electrons. The molecule has 0 atom stereocenters. The smallest absolute Gasteiger partial charge is 0.274 e. The van der Waals surface area contributed by atoms with E-state index in [1.165, 1.54) is 25.7 Å². The summed E-state index contributed by atoms with van der Waals surface area (Å²) in [6.07, 6.45) is 8.80. The average molecular weight is 376 g/mol. The lowest BCUT2D eigenvalue weighted by atomic mass is 9.91. The summed E-state index contributed by atoms with van der Waals surface area (Å²) in [5, 5.41) is 0.863. The molecule has 28 heavy (non-hydrogen) atoms. The number of nitrogens with two attached hydrogens (primary N) is 1. The van der Waals surface area contributed by atoms with Crippen molar-refractivity contribution in [3.63, 3.8) is 0 Å². The highest BCUT2D eigenvalue weighted by Crippen LogP contribution is 2.54. The Kier molecular flexibility index (Phi) is 3.66. The number of hydrogen-bond donors (Lipinski definition) is 2. The van der Waals surface area contributed by atoms with Crippen LogP contribution in [0.4, 0.5) is 5.69 Å². The second kappa shape index (κ2) is 5.99. The van der Waals surface area contributed by atoms with Gasteiger partial charge in [0.15, 0.2) is 0 Å². The van der Waals surface area contributed by atoms with Crippen molar-refractivity contribution in [3.8, 4) is 11.1 Å². The van der Waals surface area contributed by atoms with Gasteiger partial charge in [0.25, 0.3) is 5.56 Å². The number of fused-ring (bicyclic) bond motifs is 1. The molecule has 0 radical (unpaired) electrons. The van der Waals surface area contributed by atoms with Crippen molar-refractivity contribution in [1.29, 1.82) is 0 Å². The monoisotopic (exact) mass is 376 g/mol. The number of benzene rings is 1. The summed E-state index contributed by atoms with van der Waals surface area (Å²) in [5.41, 5.74) is 10.1. The van der Waals surface area contributed by atoms with Gasteiger partial charge in [-0.2, -0.15) is 0 Å². The molecule has 3 N–H and O–H groups in total. The van der Waals surface area contributed by atoms with Gasteiger partial charge in [-0.25, -0.2) is 0 Å². The zero-order valence-corrected chi connectivity index (χ0v) is 16.0. The lowest BCUT2D eigenvalue weighted by Crippen LogP contribution is -2.34. The number of nitrogens with zero attached hydrogens (tertiary/aromatic N) is 2. The number of primary amides is 1. The molecule has 5 rings (SSSR count). The van der Waals surface area contributed by atoms with Crippen LogP contribution in [0.15, 0.2) is 41.5 Å². The molecule has 1 aromatic carbocycles. The first-order valence-corrected chi connectivity index (χ1v) is 9.83. The molecule has 3 aromatic rings. The van der Waals surface area contributed by atoms with Crippen LogP contribution in [0.2, 0.25) is 0 Å². The van der Waals surface area contributed by atoms with Crippen LogP contribution in [-0.2, 0) is 7.05 Å². The van der Waals surface area contributed by atoms with Crippen LogP contribution in [-0.4, -0.2) is 28.5 Å². The molecule has 1 saturated heterocycles. The van der Waals surface area contributed by atoms with Crippen molar-refractivity contribution in [2.45, 2.75) is 25.7 Å². The number of amides is 1. The van der Waals surface area contributed by atoms with Crippen LogP contribution in [0.5, 0.6) is 0 Å². The quantitative estimate of drug-likeness (QED) is 0.737. The molecule has 1 spiro atoms. The van der Waals surface area contributed by atoms with E-state index in [1.807, 2.05) is 24.4 Å². The van der Waals surface area contributed by atoms with Crippen molar-refractivity contribution in [3.05, 3.63) is 52.6 Å². The fourth-order valence-corrected chi connectivity index (χ4v) is 4.56. The van der Waals surface area contributed by atoms with Gasteiger partial charge in [-0.15, -0.1) is 0 Å². The number of aromatic nitrogens is 2. The van der Waals surface area contributed by atoms with Crippen LogP contribution < -0.4 is 16.2 Å². The second-order valence-corrected chi connectivity index (χ2v) is 8.31. The zero-order valence-electron chi connectivity index (χ0n) is 16.0. The minimum absolute atomic E-state index is 0.0648. The lowest BCUT2D eigenvalue weighted by Gasteiger charge is -2.35. The van der Waals surface area contributed by atoms with E-state index < -0.39 is 5.91 Å². The number of carbonyl (C=O) groups excluding carboxylic acids is 1. The van der Waals surface area contributed by atoms with Gasteiger partial charge in [0.2, 0.25) is 5.91 Å². The number of anilines is 1. The number of hydrogen-bond acceptors (Lipinski definition) is 3. The maximum atomic E-state index is 12.5. The Morgan fingerprint density at radius 3 is 2.54 bits per heavy atom. The van der Waals surface area contributed by atoms with Crippen LogP contribution in [0.25, 0.3) is 22.0 Å². The van der Waals surface area contributed by atoms with Crippen molar-refractivity contribution in [1.82, 2.24) is 9.55 Å². The molecular formula is C22H24N4O2. The van der Waals surface area contributed by atoms with Crippen LogP contribution in [0.1, 0.15) is 36.0 Å². The average Bonchev–Trinajstić information content (AvgIpc) is 3.26. The highest BCUT2D eigenvalue weighted by atomic mass is 16.1. The molecule has 2 aliphatic rings. The van der Waals surface area contributed by atoms with Gasteiger partial charge >= 0.3 is 0 Å². The summed E-state index contributed by atoms with van der Waals surface area (Å²) in [5.74, 6) is -0.446. The maximum absolute atomic E-state index is 12.5. The predicted octanol–water partition coefficient (Wildman–Crippen LogP) is 3.01. The fraction of sp³-hybridized carbons (Fsp3) is 0.364. The standard InChI is InChI=1S/C22H24N4O2/c1-25-13-17(15-4-9-24-19(15)21(25)28)16-12-14(20(23)27)2-3-18(16)26-10-7-22(5-6-22)8-11-26/h2-4,9,12-13,24H,5-8,10-11H2,1H3,(H2,23,27). The highest BCUT2D eigenvalue weighted by molar-refractivity contribution is 6.01. The molecule has 3 heterocycles. The van der Waals surface area contributed by atoms with Crippen molar-refractivity contribution in [2.75, 3.05) is 18.0 Å². The molecule has 0 bridgehead atoms. The van der Waals surface area contributed by atoms with Gasteiger partial charge in [-0.1, -0.05) is 0 Å². The molecule has 2 aromatic heterocycles. The van der Waals surface area contributed by atoms with E-state index >= 15 is 0 Å². The molecule has 1 aliphatic carbocycles. The number of aromatic amines is 1. The van der Waals surface area contributed by atoms with Gasteiger partial charge in [0, 0.05) is 60.3 Å². The molecule has 1 amide bonds. The summed E-state index contributed by atoms with van der Waals surface area (Å²) in [4.78, 5) is 29.8. The van der Waals surface area contributed by atoms with Gasteiger partial charge in [-0.3, -0.25) is 9.59 Å². The minimum Gasteiger partial charge on any atom is -0.371 e. The first-order chi connectivity index (χ1) is 13.5. The molecule has 0 unspecified atom stereocenters. The van der Waals surface area contributed by atoms with E-state index in [0.29, 0.717) is 16.5 Å². The summed E-state index contributed by atoms with van der Waals surface area (Å²) >= 11 is 0. The summed E-state index contributed by atoms with van der Waals surface area (Å²) in [6.45, 7) is 2.04. The number of nitrogens with one attached hydrogen (secondary N) is 1. The highest BCUT2D eigenvalue weighted by Gasteiger charge is 2.44. The summed E-state index contributed by atoms with van der Waals surface area (Å²) < 4.78 is 1.59. The summed E-state index contributed by atoms with van der Waals surface area (Å²) in [6, 6.07) is 7.59. The Morgan fingerprint density at radius 2 is 1.86 bits per heavy atom. The summed E-state index contributed by atoms with van der Waals surface area (Å²) in [7, 11) is 1.75. The Hall–Kier alpha value is -3.02. The topological polar surface area (TPSA) is 84.1 Å². The van der Waals surface area contributed by atoms with E-state index in [0.717, 1.165) is 35.3 Å². The van der Waals surface area contributed by atoms with Crippen LogP contribution in [0, 0.1) is 5.41 Å². The van der Waals surface area contributed by atoms with E-state index in [1.54, 1.807) is 23.9 Å². The van der Waals surface area contributed by atoms with E-state index in [2.05, 4.69) is 9.88 Å². The van der Waals surface area contributed by atoms with E-state index in [-0.39, 0.29) is 5.56 Å². The fourth-order valence-electron chi connectivity index (χ4n) is 4.56. The first kappa shape index (κ1) is 17.1. The van der Waals surface area contributed by atoms with Crippen molar-refractivity contribution in [2.24, 2.45) is 18.2 Å². The third-order valence-corrected chi connectivity index (χ3v) is 6.59. The number of pyridine rings is 1. The molecule has 6 heteroatoms. The van der Waals surface area contributed by atoms with Crippen molar-refractivity contribution < 1.29 is 4.79 Å². The van der Waals surface area contributed by atoms with Gasteiger partial charge in [0.1, 0.15) is 5.52 Å². The number of carbonyl (C=O) groups is 1. The third kappa shape index (κ3) is 2.63. The Balaban J connectivity index is 1.68. The third-order valence-electron chi connectivity index (χ3n) is 6.59. The predicted molar refractivity (Wildman–Crippen MR) is 111 cm³/mol. The number of rotatable bonds is 3. The van der Waals surface area contributed by atoms with Gasteiger partial charge in [-0.05, 0) is 55.4 Å². The molecule has 6 nitrogen and oxygen atoms in total. The minimum atomic E-state index is -0.446. The molecule has 1 saturated carbocycles. The lowest BCUT2D eigenvalue weighted by molar-refractivity contribution is 0.100. The Bertz CT molecular complexity index is 1140. The Morgan fingerprint density at radius 1 is 1.11 bits per heavy atom. The maximum Gasteiger partial charge on any atom is 0.274 e.